The van der Waals surface area contributed by atoms with Gasteiger partial charge in [0.1, 0.15) is 16.2 Å². The molecule has 0 bridgehead atoms. The summed E-state index contributed by atoms with van der Waals surface area (Å²) in [6.07, 6.45) is 2.83. The third-order valence-electron chi connectivity index (χ3n) is 4.92. The second-order valence-corrected chi connectivity index (χ2v) is 8.50. The fraction of sp³-hybridized carbons (Fsp3) is 0.316. The lowest BCUT2D eigenvalue weighted by atomic mass is 10.0. The van der Waals surface area contributed by atoms with Crippen molar-refractivity contribution in [3.05, 3.63) is 50.1 Å². The maximum atomic E-state index is 13.4. The molecule has 0 atom stereocenters. The van der Waals surface area contributed by atoms with Gasteiger partial charge in [-0.3, -0.25) is 9.36 Å². The number of thiophene rings is 1. The predicted molar refractivity (Wildman–Crippen MR) is 103 cm³/mol. The van der Waals surface area contributed by atoms with E-state index in [4.69, 9.17) is 16.6 Å². The van der Waals surface area contributed by atoms with Crippen LogP contribution in [0.4, 0.5) is 0 Å². The normalized spacial score (nSPS) is 14.0. The van der Waals surface area contributed by atoms with Crippen LogP contribution in [-0.2, 0) is 23.2 Å². The molecule has 1 N–H and O–H groups in total. The van der Waals surface area contributed by atoms with E-state index in [1.807, 2.05) is 0 Å². The number of aryl methyl sites for hydroxylation is 2. The number of aliphatic carboxylic acids is 1. The molecule has 0 amide bonds. The molecule has 1 aromatic carbocycles. The first kappa shape index (κ1) is 17.2. The maximum Gasteiger partial charge on any atom is 0.329 e. The van der Waals surface area contributed by atoms with Crippen LogP contribution in [-0.4, -0.2) is 20.6 Å². The number of hydrogen-bond donors (Lipinski definition) is 1. The van der Waals surface area contributed by atoms with Crippen molar-refractivity contribution in [3.63, 3.8) is 0 Å². The van der Waals surface area contributed by atoms with Crippen LogP contribution < -0.4 is 5.56 Å². The van der Waals surface area contributed by atoms with E-state index in [0.717, 1.165) is 24.8 Å². The van der Waals surface area contributed by atoms with E-state index in [1.54, 1.807) is 35.6 Å². The molecule has 4 rings (SSSR count). The minimum atomic E-state index is -1.43. The zero-order valence-corrected chi connectivity index (χ0v) is 15.9. The van der Waals surface area contributed by atoms with Crippen LogP contribution in [0.25, 0.3) is 21.6 Å². The van der Waals surface area contributed by atoms with Crippen LogP contribution in [0.15, 0.2) is 29.1 Å². The fourth-order valence-corrected chi connectivity index (χ4v) is 4.83. The molecular formula is C19H17ClN2O3S. The first-order valence-electron chi connectivity index (χ1n) is 8.38. The Morgan fingerprint density at radius 3 is 2.62 bits per heavy atom. The summed E-state index contributed by atoms with van der Waals surface area (Å²) in [5, 5.41) is 10.9. The highest BCUT2D eigenvalue weighted by atomic mass is 35.5. The number of rotatable bonds is 3. The summed E-state index contributed by atoms with van der Waals surface area (Å²) in [5.41, 5.74) is -0.0103. The molecule has 0 fully saturated rings. The van der Waals surface area contributed by atoms with E-state index in [2.05, 4.69) is 0 Å². The lowest BCUT2D eigenvalue weighted by Gasteiger charge is -2.25. The molecule has 2 aromatic heterocycles. The predicted octanol–water partition coefficient (Wildman–Crippen LogP) is 4.09. The number of halogens is 1. The maximum absolute atomic E-state index is 13.4. The number of hydrogen-bond acceptors (Lipinski definition) is 4. The summed E-state index contributed by atoms with van der Waals surface area (Å²) in [6, 6.07) is 6.93. The number of carboxylic acid groups (broad SMARTS) is 1. The smallest absolute Gasteiger partial charge is 0.329 e. The van der Waals surface area contributed by atoms with Gasteiger partial charge in [0.15, 0.2) is 0 Å². The van der Waals surface area contributed by atoms with Gasteiger partial charge in [-0.05, 0) is 62.9 Å². The molecule has 5 nitrogen and oxygen atoms in total. The van der Waals surface area contributed by atoms with Gasteiger partial charge in [0.2, 0.25) is 0 Å². The molecule has 0 saturated heterocycles. The zero-order valence-electron chi connectivity index (χ0n) is 14.4. The van der Waals surface area contributed by atoms with Gasteiger partial charge >= 0.3 is 5.97 Å². The second kappa shape index (κ2) is 5.93. The average Bonchev–Trinajstić information content (AvgIpc) is 3.15. The summed E-state index contributed by atoms with van der Waals surface area (Å²) in [6.45, 7) is 3.05. The van der Waals surface area contributed by atoms with E-state index in [0.29, 0.717) is 26.6 Å². The van der Waals surface area contributed by atoms with Crippen molar-refractivity contribution in [3.8, 4) is 11.4 Å². The summed E-state index contributed by atoms with van der Waals surface area (Å²) in [7, 11) is 0. The Bertz CT molecular complexity index is 1100. The molecule has 7 heteroatoms. The van der Waals surface area contributed by atoms with Crippen LogP contribution >= 0.6 is 22.9 Å². The topological polar surface area (TPSA) is 72.2 Å². The summed E-state index contributed by atoms with van der Waals surface area (Å²) in [5.74, 6) is -0.727. The third-order valence-corrected chi connectivity index (χ3v) is 6.36. The Morgan fingerprint density at radius 2 is 1.96 bits per heavy atom. The molecule has 1 aliphatic carbocycles. The number of carboxylic acids is 1. The SMILES string of the molecule is CC(C)(C(=O)O)n1c(-c2ccc(Cl)cc2)nc2sc3c(c2c1=O)CCC3. The Hall–Kier alpha value is -2.18. The molecule has 134 valence electrons. The highest BCUT2D eigenvalue weighted by Crippen LogP contribution is 2.36. The van der Waals surface area contributed by atoms with Crippen molar-refractivity contribution in [2.45, 2.75) is 38.6 Å². The minimum Gasteiger partial charge on any atom is -0.480 e. The first-order valence-corrected chi connectivity index (χ1v) is 9.57. The van der Waals surface area contributed by atoms with E-state index in [9.17, 15) is 14.7 Å². The average molecular weight is 389 g/mol. The number of benzene rings is 1. The van der Waals surface area contributed by atoms with Crippen molar-refractivity contribution >= 4 is 39.1 Å². The number of aromatic nitrogens is 2. The van der Waals surface area contributed by atoms with Gasteiger partial charge in [-0.1, -0.05) is 11.6 Å². The molecular weight excluding hydrogens is 372 g/mol. The Balaban J connectivity index is 2.11. The number of nitrogens with zero attached hydrogens (tertiary/aromatic N) is 2. The van der Waals surface area contributed by atoms with Crippen molar-refractivity contribution in [2.75, 3.05) is 0 Å². The summed E-state index contributed by atoms with van der Waals surface area (Å²) >= 11 is 7.52. The quantitative estimate of drug-likeness (QED) is 0.733. The fourth-order valence-electron chi connectivity index (χ4n) is 3.45. The molecule has 2 heterocycles. The third kappa shape index (κ3) is 2.47. The summed E-state index contributed by atoms with van der Waals surface area (Å²) < 4.78 is 1.31. The number of carbonyl (C=O) groups is 1. The first-order chi connectivity index (χ1) is 12.3. The van der Waals surface area contributed by atoms with Crippen molar-refractivity contribution in [2.24, 2.45) is 0 Å². The van der Waals surface area contributed by atoms with Gasteiger partial charge in [-0.25, -0.2) is 9.78 Å². The van der Waals surface area contributed by atoms with Gasteiger partial charge in [0, 0.05) is 15.5 Å². The highest BCUT2D eigenvalue weighted by Gasteiger charge is 2.35. The van der Waals surface area contributed by atoms with Crippen LogP contribution in [0.5, 0.6) is 0 Å². The van der Waals surface area contributed by atoms with Gasteiger partial charge < -0.3 is 5.11 Å². The Morgan fingerprint density at radius 1 is 1.27 bits per heavy atom. The van der Waals surface area contributed by atoms with Crippen molar-refractivity contribution in [1.82, 2.24) is 9.55 Å². The summed E-state index contributed by atoms with van der Waals surface area (Å²) in [4.78, 5) is 31.9. The van der Waals surface area contributed by atoms with Crippen LogP contribution in [0.3, 0.4) is 0 Å². The highest BCUT2D eigenvalue weighted by molar-refractivity contribution is 7.18. The minimum absolute atomic E-state index is 0.285. The largest absolute Gasteiger partial charge is 0.480 e. The van der Waals surface area contributed by atoms with Gasteiger partial charge in [-0.2, -0.15) is 0 Å². The molecule has 0 unspecified atom stereocenters. The molecule has 0 aliphatic heterocycles. The second-order valence-electron chi connectivity index (χ2n) is 6.98. The molecule has 0 saturated carbocycles. The van der Waals surface area contributed by atoms with E-state index in [-0.39, 0.29) is 5.56 Å². The molecule has 0 radical (unpaired) electrons. The Labute approximate surface area is 158 Å². The molecule has 1 aliphatic rings. The standard InChI is InChI=1S/C19H17ClN2O3S/c1-19(2,18(24)25)22-15(10-6-8-11(20)9-7-10)21-16-14(17(22)23)12-4-3-5-13(12)26-16/h6-9H,3-5H2,1-2H3,(H,24,25). The van der Waals surface area contributed by atoms with Gasteiger partial charge in [0.25, 0.3) is 5.56 Å². The molecule has 26 heavy (non-hydrogen) atoms. The monoisotopic (exact) mass is 388 g/mol. The molecule has 3 aromatic rings. The lowest BCUT2D eigenvalue weighted by molar-refractivity contribution is -0.145. The Kier molecular flexibility index (Phi) is 3.93. The van der Waals surface area contributed by atoms with Crippen molar-refractivity contribution in [1.29, 1.82) is 0 Å². The van der Waals surface area contributed by atoms with Crippen LogP contribution in [0, 0.1) is 0 Å². The van der Waals surface area contributed by atoms with Crippen LogP contribution in [0.1, 0.15) is 30.7 Å². The molecule has 0 spiro atoms. The lowest BCUT2D eigenvalue weighted by Crippen LogP contribution is -2.44. The van der Waals surface area contributed by atoms with Crippen LogP contribution in [0.2, 0.25) is 5.02 Å². The zero-order chi connectivity index (χ0) is 18.6. The van der Waals surface area contributed by atoms with E-state index < -0.39 is 11.5 Å². The van der Waals surface area contributed by atoms with E-state index in [1.165, 1.54) is 23.3 Å². The number of fused-ring (bicyclic) bond motifs is 3. The van der Waals surface area contributed by atoms with Gasteiger partial charge in [-0.15, -0.1) is 11.3 Å². The van der Waals surface area contributed by atoms with Crippen molar-refractivity contribution < 1.29 is 9.90 Å². The van der Waals surface area contributed by atoms with Gasteiger partial charge in [0.05, 0.1) is 5.39 Å². The van der Waals surface area contributed by atoms with E-state index >= 15 is 0 Å².